The molecule has 0 aromatic heterocycles. The number of carbonyl (C=O) groups is 1. The highest BCUT2D eigenvalue weighted by atomic mass is 19.4. The van der Waals surface area contributed by atoms with E-state index in [9.17, 15) is 26.7 Å². The molecule has 1 unspecified atom stereocenters. The maximum atomic E-state index is 12.3. The van der Waals surface area contributed by atoms with E-state index in [0.29, 0.717) is 0 Å². The van der Waals surface area contributed by atoms with Crippen molar-refractivity contribution in [3.8, 4) is 0 Å². The molecule has 0 aliphatic heterocycles. The second-order valence-corrected chi connectivity index (χ2v) is 2.67. The fraction of sp³-hybridized carbons (Fsp3) is 0.857. The summed E-state index contributed by atoms with van der Waals surface area (Å²) in [5.41, 5.74) is 0. The molecule has 15 heavy (non-hydrogen) atoms. The Morgan fingerprint density at radius 2 is 1.80 bits per heavy atom. The summed E-state index contributed by atoms with van der Waals surface area (Å²) < 4.78 is 63.5. The minimum absolute atomic E-state index is 0.215. The van der Waals surface area contributed by atoms with Crippen molar-refractivity contribution in [1.82, 2.24) is 0 Å². The molecule has 0 spiro atoms. The second kappa shape index (κ2) is 4.73. The number of carbonyl (C=O) groups excluding carboxylic acids is 1. The van der Waals surface area contributed by atoms with E-state index in [-0.39, 0.29) is 6.61 Å². The largest absolute Gasteiger partial charge is 0.464 e. The van der Waals surface area contributed by atoms with Crippen molar-refractivity contribution in [2.24, 2.45) is 0 Å². The smallest absolute Gasteiger partial charge is 0.453 e. The summed E-state index contributed by atoms with van der Waals surface area (Å²) in [5.74, 6) is -6.61. The van der Waals surface area contributed by atoms with E-state index in [2.05, 4.69) is 4.74 Å². The van der Waals surface area contributed by atoms with Crippen LogP contribution in [0.4, 0.5) is 22.0 Å². The minimum Gasteiger partial charge on any atom is -0.464 e. The van der Waals surface area contributed by atoms with Gasteiger partial charge in [0, 0.05) is 0 Å². The molecule has 90 valence electrons. The highest BCUT2D eigenvalue weighted by molar-refractivity contribution is 5.74. The molecule has 0 saturated carbocycles. The van der Waals surface area contributed by atoms with Crippen molar-refractivity contribution in [2.45, 2.75) is 31.5 Å². The summed E-state index contributed by atoms with van der Waals surface area (Å²) in [4.78, 5) is 10.6. The molecule has 0 saturated heterocycles. The number of ether oxygens (including phenoxy) is 1. The topological polar surface area (TPSA) is 46.5 Å². The summed E-state index contributed by atoms with van der Waals surface area (Å²) in [7, 11) is 0. The van der Waals surface area contributed by atoms with Crippen LogP contribution in [0, 0.1) is 0 Å². The zero-order chi connectivity index (χ0) is 12.3. The lowest BCUT2D eigenvalue weighted by atomic mass is 10.1. The van der Waals surface area contributed by atoms with Gasteiger partial charge in [0.05, 0.1) is 13.0 Å². The van der Waals surface area contributed by atoms with E-state index in [0.717, 1.165) is 0 Å². The van der Waals surface area contributed by atoms with Gasteiger partial charge in [-0.3, -0.25) is 0 Å². The van der Waals surface area contributed by atoms with Crippen LogP contribution in [0.1, 0.15) is 13.3 Å². The van der Waals surface area contributed by atoms with Gasteiger partial charge in [0.25, 0.3) is 0 Å². The van der Waals surface area contributed by atoms with Gasteiger partial charge < -0.3 is 9.84 Å². The maximum absolute atomic E-state index is 12.3. The molecule has 8 heteroatoms. The average molecular weight is 236 g/mol. The van der Waals surface area contributed by atoms with Gasteiger partial charge >= 0.3 is 18.1 Å². The van der Waals surface area contributed by atoms with Crippen molar-refractivity contribution < 1.29 is 36.6 Å². The van der Waals surface area contributed by atoms with Gasteiger partial charge in [0.15, 0.2) is 6.10 Å². The third kappa shape index (κ3) is 3.98. The standard InChI is InChI=1S/C7H9F5O3/c1-2-15-5(14)4(13)3-6(8,9)7(10,11)12/h4,13H,2-3H2,1H3. The molecular formula is C7H9F5O3. The van der Waals surface area contributed by atoms with Crippen LogP contribution < -0.4 is 0 Å². The minimum atomic E-state index is -5.79. The maximum Gasteiger partial charge on any atom is 0.453 e. The number of alkyl halides is 5. The molecule has 0 amide bonds. The zero-order valence-electron chi connectivity index (χ0n) is 7.65. The number of hydrogen-bond donors (Lipinski definition) is 1. The van der Waals surface area contributed by atoms with Crippen LogP contribution in [0.15, 0.2) is 0 Å². The lowest BCUT2D eigenvalue weighted by Crippen LogP contribution is -2.41. The second-order valence-electron chi connectivity index (χ2n) is 2.67. The first-order valence-electron chi connectivity index (χ1n) is 3.91. The zero-order valence-corrected chi connectivity index (χ0v) is 7.65. The average Bonchev–Trinajstić information content (AvgIpc) is 2.01. The molecule has 0 rings (SSSR count). The van der Waals surface area contributed by atoms with Crippen LogP contribution in [-0.4, -0.2) is 35.9 Å². The first-order chi connectivity index (χ1) is 6.62. The normalized spacial score (nSPS) is 14.9. The number of aliphatic hydroxyl groups is 1. The van der Waals surface area contributed by atoms with Gasteiger partial charge in [-0.2, -0.15) is 22.0 Å². The fourth-order valence-corrected chi connectivity index (χ4v) is 0.680. The van der Waals surface area contributed by atoms with Crippen molar-refractivity contribution in [2.75, 3.05) is 6.61 Å². The van der Waals surface area contributed by atoms with Crippen LogP contribution in [0.3, 0.4) is 0 Å². The molecule has 1 atom stereocenters. The van der Waals surface area contributed by atoms with Crippen molar-refractivity contribution >= 4 is 5.97 Å². The van der Waals surface area contributed by atoms with Crippen molar-refractivity contribution in [1.29, 1.82) is 0 Å². The molecule has 3 nitrogen and oxygen atoms in total. The lowest BCUT2D eigenvalue weighted by Gasteiger charge is -2.21. The Kier molecular flexibility index (Phi) is 4.44. The van der Waals surface area contributed by atoms with Gasteiger partial charge in [-0.25, -0.2) is 4.79 Å². The van der Waals surface area contributed by atoms with Gasteiger partial charge in [0.2, 0.25) is 0 Å². The molecule has 0 aromatic carbocycles. The van der Waals surface area contributed by atoms with Crippen LogP contribution >= 0.6 is 0 Å². The molecule has 0 aromatic rings. The summed E-state index contributed by atoms with van der Waals surface area (Å²) >= 11 is 0. The molecular weight excluding hydrogens is 227 g/mol. The highest BCUT2D eigenvalue weighted by Crippen LogP contribution is 2.38. The first-order valence-corrected chi connectivity index (χ1v) is 3.91. The van der Waals surface area contributed by atoms with E-state index in [4.69, 9.17) is 5.11 Å². The van der Waals surface area contributed by atoms with E-state index in [1.165, 1.54) is 6.92 Å². The summed E-state index contributed by atoms with van der Waals surface area (Å²) in [6, 6.07) is 0. The third-order valence-corrected chi connectivity index (χ3v) is 1.42. The Balaban J connectivity index is 4.40. The molecule has 0 aliphatic rings. The van der Waals surface area contributed by atoms with E-state index in [1.807, 2.05) is 0 Å². The number of aliphatic hydroxyl groups excluding tert-OH is 1. The van der Waals surface area contributed by atoms with E-state index >= 15 is 0 Å². The summed E-state index contributed by atoms with van der Waals surface area (Å²) in [5, 5.41) is 8.69. The Morgan fingerprint density at radius 1 is 1.33 bits per heavy atom. The highest BCUT2D eigenvalue weighted by Gasteiger charge is 2.58. The van der Waals surface area contributed by atoms with Crippen LogP contribution in [0.2, 0.25) is 0 Å². The van der Waals surface area contributed by atoms with Gasteiger partial charge in [-0.1, -0.05) is 0 Å². The van der Waals surface area contributed by atoms with Crippen LogP contribution in [-0.2, 0) is 9.53 Å². The molecule has 0 heterocycles. The Bertz CT molecular complexity index is 225. The van der Waals surface area contributed by atoms with Crippen molar-refractivity contribution in [3.05, 3.63) is 0 Å². The number of halogens is 5. The van der Waals surface area contributed by atoms with E-state index < -0.39 is 30.6 Å². The molecule has 0 fully saturated rings. The SMILES string of the molecule is CCOC(=O)C(O)CC(F)(F)C(F)(F)F. The fourth-order valence-electron chi connectivity index (χ4n) is 0.680. The Morgan fingerprint density at radius 3 is 2.13 bits per heavy atom. The molecule has 1 N–H and O–H groups in total. The summed E-state index contributed by atoms with van der Waals surface area (Å²) in [6.45, 7) is 1.11. The third-order valence-electron chi connectivity index (χ3n) is 1.42. The lowest BCUT2D eigenvalue weighted by molar-refractivity contribution is -0.289. The predicted molar refractivity (Wildman–Crippen MR) is 38.3 cm³/mol. The monoisotopic (exact) mass is 236 g/mol. The van der Waals surface area contributed by atoms with Gasteiger partial charge in [0.1, 0.15) is 0 Å². The number of rotatable bonds is 4. The molecule has 0 radical (unpaired) electrons. The number of hydrogen-bond acceptors (Lipinski definition) is 3. The summed E-state index contributed by atoms with van der Waals surface area (Å²) in [6.07, 6.45) is -10.3. The van der Waals surface area contributed by atoms with Gasteiger partial charge in [-0.15, -0.1) is 0 Å². The Labute approximate surface area is 81.8 Å². The van der Waals surface area contributed by atoms with Crippen LogP contribution in [0.25, 0.3) is 0 Å². The molecule has 0 bridgehead atoms. The Hall–Kier alpha value is -0.920. The van der Waals surface area contributed by atoms with Gasteiger partial charge in [-0.05, 0) is 6.92 Å². The number of esters is 1. The van der Waals surface area contributed by atoms with E-state index in [1.54, 1.807) is 0 Å². The first kappa shape index (κ1) is 14.1. The van der Waals surface area contributed by atoms with Crippen molar-refractivity contribution in [3.63, 3.8) is 0 Å². The quantitative estimate of drug-likeness (QED) is 0.594. The van der Waals surface area contributed by atoms with Crippen LogP contribution in [0.5, 0.6) is 0 Å². The predicted octanol–water partition coefficient (Wildman–Crippen LogP) is 1.50. The molecule has 0 aliphatic carbocycles.